The molecule has 3 aromatic heterocycles. The Morgan fingerprint density at radius 1 is 0.912 bits per heavy atom. The van der Waals surface area contributed by atoms with Crippen molar-refractivity contribution in [1.82, 2.24) is 0 Å². The molecule has 3 heterocycles. The summed E-state index contributed by atoms with van der Waals surface area (Å²) < 4.78 is 22.8. The molecule has 0 bridgehead atoms. The first-order valence-corrected chi connectivity index (χ1v) is 10.7. The number of nitriles is 1. The lowest BCUT2D eigenvalue weighted by atomic mass is 10.1. The van der Waals surface area contributed by atoms with Crippen molar-refractivity contribution in [2.75, 3.05) is 0 Å². The summed E-state index contributed by atoms with van der Waals surface area (Å²) in [5.41, 5.74) is 2.61. The number of aliphatic imine (C=N–C) groups is 1. The lowest BCUT2D eigenvalue weighted by molar-refractivity contribution is 0.306. The van der Waals surface area contributed by atoms with Gasteiger partial charge in [-0.05, 0) is 71.8 Å². The summed E-state index contributed by atoms with van der Waals surface area (Å²) in [7, 11) is 0. The molecule has 0 saturated heterocycles. The maximum atomic E-state index is 9.83. The number of hydrogen-bond acceptors (Lipinski definition) is 6. The quantitative estimate of drug-likeness (QED) is 0.229. The third-order valence-corrected chi connectivity index (χ3v) is 5.30. The monoisotopic (exact) mass is 468 g/mol. The van der Waals surface area contributed by atoms with Gasteiger partial charge in [0.2, 0.25) is 5.88 Å². The van der Waals surface area contributed by atoms with Crippen molar-refractivity contribution in [3.05, 3.63) is 107 Å². The molecule has 0 saturated carbocycles. The van der Waals surface area contributed by atoms with E-state index in [1.165, 1.54) is 12.5 Å². The molecular formula is C27H17ClN2O4. The number of benzene rings is 2. The first-order chi connectivity index (χ1) is 16.7. The highest BCUT2D eigenvalue weighted by molar-refractivity contribution is 6.30. The van der Waals surface area contributed by atoms with Crippen molar-refractivity contribution in [3.8, 4) is 34.7 Å². The van der Waals surface area contributed by atoms with Crippen molar-refractivity contribution >= 4 is 23.7 Å². The van der Waals surface area contributed by atoms with Gasteiger partial charge in [0, 0.05) is 11.2 Å². The van der Waals surface area contributed by atoms with E-state index in [1.54, 1.807) is 30.5 Å². The van der Waals surface area contributed by atoms with Crippen LogP contribution in [0.3, 0.4) is 0 Å². The van der Waals surface area contributed by atoms with Crippen LogP contribution in [0.25, 0.3) is 22.8 Å². The summed E-state index contributed by atoms with van der Waals surface area (Å²) >= 11 is 5.91. The van der Waals surface area contributed by atoms with Crippen molar-refractivity contribution in [2.45, 2.75) is 6.61 Å². The predicted molar refractivity (Wildman–Crippen MR) is 128 cm³/mol. The molecule has 2 aromatic carbocycles. The van der Waals surface area contributed by atoms with Gasteiger partial charge in [0.1, 0.15) is 29.7 Å². The Bertz CT molecular complexity index is 1440. The van der Waals surface area contributed by atoms with Crippen LogP contribution in [0.5, 0.6) is 5.75 Å². The van der Waals surface area contributed by atoms with Gasteiger partial charge in [0.15, 0.2) is 11.5 Å². The second-order valence-electron chi connectivity index (χ2n) is 7.30. The van der Waals surface area contributed by atoms with Crippen molar-refractivity contribution < 1.29 is 18.0 Å². The standard InChI is InChI=1S/C27H17ClN2O4/c28-20-9-5-19(6-10-20)17-33-21-11-7-18(8-12-21)16-30-27-22(15-29)25(23-3-1-13-31-23)26(34-27)24-4-2-14-32-24/h1-14,16H,17H2. The van der Waals surface area contributed by atoms with Gasteiger partial charge in [-0.25, -0.2) is 4.99 Å². The van der Waals surface area contributed by atoms with Gasteiger partial charge in [-0.1, -0.05) is 23.7 Å². The van der Waals surface area contributed by atoms with Gasteiger partial charge in [0.05, 0.1) is 18.1 Å². The van der Waals surface area contributed by atoms with E-state index in [1.807, 2.05) is 48.5 Å². The summed E-state index contributed by atoms with van der Waals surface area (Å²) in [5, 5.41) is 10.5. The summed E-state index contributed by atoms with van der Waals surface area (Å²) in [6, 6.07) is 24.1. The molecular weight excluding hydrogens is 452 g/mol. The van der Waals surface area contributed by atoms with E-state index in [0.717, 1.165) is 16.9 Å². The molecule has 0 radical (unpaired) electrons. The van der Waals surface area contributed by atoms with Crippen LogP contribution in [0.1, 0.15) is 16.7 Å². The smallest absolute Gasteiger partial charge is 0.238 e. The molecule has 0 aliphatic heterocycles. The fraction of sp³-hybridized carbons (Fsp3) is 0.0370. The highest BCUT2D eigenvalue weighted by Gasteiger charge is 2.25. The van der Waals surface area contributed by atoms with E-state index >= 15 is 0 Å². The van der Waals surface area contributed by atoms with Gasteiger partial charge in [-0.15, -0.1) is 0 Å². The zero-order chi connectivity index (χ0) is 23.3. The third kappa shape index (κ3) is 4.51. The number of hydrogen-bond donors (Lipinski definition) is 0. The van der Waals surface area contributed by atoms with Crippen molar-refractivity contribution in [1.29, 1.82) is 5.26 Å². The second kappa shape index (κ2) is 9.57. The first-order valence-electron chi connectivity index (χ1n) is 10.4. The highest BCUT2D eigenvalue weighted by atomic mass is 35.5. The zero-order valence-electron chi connectivity index (χ0n) is 17.8. The Morgan fingerprint density at radius 2 is 1.62 bits per heavy atom. The Labute approximate surface area is 200 Å². The fourth-order valence-electron chi connectivity index (χ4n) is 3.38. The zero-order valence-corrected chi connectivity index (χ0v) is 18.5. The van der Waals surface area contributed by atoms with E-state index in [0.29, 0.717) is 34.5 Å². The molecule has 0 aliphatic carbocycles. The Hall–Kier alpha value is -4.47. The lowest BCUT2D eigenvalue weighted by Gasteiger charge is -2.06. The molecule has 34 heavy (non-hydrogen) atoms. The molecule has 0 N–H and O–H groups in total. The van der Waals surface area contributed by atoms with Crippen LogP contribution in [0.15, 0.2) is 104 Å². The first kappa shape index (κ1) is 21.4. The third-order valence-electron chi connectivity index (χ3n) is 5.04. The Balaban J connectivity index is 1.37. The van der Waals surface area contributed by atoms with Gasteiger partial charge in [0.25, 0.3) is 0 Å². The minimum Gasteiger partial charge on any atom is -0.489 e. The summed E-state index contributed by atoms with van der Waals surface area (Å²) in [6.07, 6.45) is 4.70. The largest absolute Gasteiger partial charge is 0.489 e. The van der Waals surface area contributed by atoms with E-state index in [9.17, 15) is 5.26 Å². The van der Waals surface area contributed by atoms with E-state index in [2.05, 4.69) is 11.1 Å². The maximum absolute atomic E-state index is 9.83. The normalized spacial score (nSPS) is 11.1. The van der Waals surface area contributed by atoms with E-state index in [4.69, 9.17) is 29.6 Å². The van der Waals surface area contributed by atoms with Gasteiger partial charge < -0.3 is 18.0 Å². The van der Waals surface area contributed by atoms with Crippen LogP contribution in [0.4, 0.5) is 5.88 Å². The number of rotatable bonds is 7. The second-order valence-corrected chi connectivity index (χ2v) is 7.73. The van der Waals surface area contributed by atoms with Crippen LogP contribution in [0, 0.1) is 11.3 Å². The topological polar surface area (TPSA) is 84.8 Å². The summed E-state index contributed by atoms with van der Waals surface area (Å²) in [5.74, 6) is 2.25. The van der Waals surface area contributed by atoms with Gasteiger partial charge in [-0.2, -0.15) is 5.26 Å². The Morgan fingerprint density at radius 3 is 2.26 bits per heavy atom. The maximum Gasteiger partial charge on any atom is 0.238 e. The highest BCUT2D eigenvalue weighted by Crippen LogP contribution is 2.42. The number of ether oxygens (including phenoxy) is 1. The lowest BCUT2D eigenvalue weighted by Crippen LogP contribution is -1.95. The fourth-order valence-corrected chi connectivity index (χ4v) is 3.51. The predicted octanol–water partition coefficient (Wildman–Crippen LogP) is 7.65. The van der Waals surface area contributed by atoms with Crippen LogP contribution in [-0.4, -0.2) is 6.21 Å². The molecule has 5 aromatic rings. The molecule has 0 fully saturated rings. The van der Waals surface area contributed by atoms with E-state index in [-0.39, 0.29) is 11.4 Å². The molecule has 6 nitrogen and oxygen atoms in total. The van der Waals surface area contributed by atoms with Crippen molar-refractivity contribution in [2.24, 2.45) is 4.99 Å². The molecule has 0 amide bonds. The minimum absolute atomic E-state index is 0.170. The van der Waals surface area contributed by atoms with Gasteiger partial charge in [-0.3, -0.25) is 0 Å². The molecule has 7 heteroatoms. The molecule has 0 atom stereocenters. The van der Waals surface area contributed by atoms with E-state index < -0.39 is 0 Å². The molecule has 0 unspecified atom stereocenters. The summed E-state index contributed by atoms with van der Waals surface area (Å²) in [4.78, 5) is 4.43. The molecule has 0 spiro atoms. The molecule has 0 aliphatic rings. The SMILES string of the molecule is N#Cc1c(N=Cc2ccc(OCc3ccc(Cl)cc3)cc2)oc(-c2ccco2)c1-c1ccco1. The summed E-state index contributed by atoms with van der Waals surface area (Å²) in [6.45, 7) is 0.438. The van der Waals surface area contributed by atoms with Crippen LogP contribution >= 0.6 is 11.6 Å². The number of halogens is 1. The number of nitrogens with zero attached hydrogens (tertiary/aromatic N) is 2. The molecule has 5 rings (SSSR count). The van der Waals surface area contributed by atoms with Gasteiger partial charge >= 0.3 is 0 Å². The average Bonchev–Trinajstić information content (AvgIpc) is 3.63. The van der Waals surface area contributed by atoms with Crippen molar-refractivity contribution in [3.63, 3.8) is 0 Å². The van der Waals surface area contributed by atoms with Crippen LogP contribution in [0.2, 0.25) is 5.02 Å². The Kier molecular flexibility index (Phi) is 6.02. The van der Waals surface area contributed by atoms with Crippen LogP contribution < -0.4 is 4.74 Å². The van der Waals surface area contributed by atoms with Crippen LogP contribution in [-0.2, 0) is 6.61 Å². The number of furan rings is 3. The minimum atomic E-state index is 0.170. The average molecular weight is 469 g/mol. The molecule has 166 valence electrons.